The maximum Gasteiger partial charge on any atom is 0.336 e. The predicted molar refractivity (Wildman–Crippen MR) is 84.8 cm³/mol. The number of nitrogens with one attached hydrogen (secondary N) is 1. The van der Waals surface area contributed by atoms with Gasteiger partial charge >= 0.3 is 5.63 Å². The summed E-state index contributed by atoms with van der Waals surface area (Å²) in [5.41, 5.74) is 3.99. The van der Waals surface area contributed by atoms with Crippen LogP contribution < -0.4 is 10.5 Å². The minimum absolute atomic E-state index is 0.230. The van der Waals surface area contributed by atoms with Gasteiger partial charge in [0.05, 0.1) is 12.6 Å². The minimum Gasteiger partial charge on any atom is -0.423 e. The average Bonchev–Trinajstić information content (AvgIpc) is 2.40. The van der Waals surface area contributed by atoms with Gasteiger partial charge in [-0.1, -0.05) is 6.07 Å². The van der Waals surface area contributed by atoms with Crippen LogP contribution in [0.1, 0.15) is 42.9 Å². The molecule has 1 N–H and O–H groups in total. The molecule has 2 atom stereocenters. The van der Waals surface area contributed by atoms with Crippen molar-refractivity contribution in [3.8, 4) is 0 Å². The van der Waals surface area contributed by atoms with Crippen LogP contribution in [0.15, 0.2) is 27.4 Å². The van der Waals surface area contributed by atoms with Gasteiger partial charge in [-0.2, -0.15) is 0 Å². The normalized spacial score (nSPS) is 22.6. The highest BCUT2D eigenvalue weighted by Gasteiger charge is 2.23. The molecule has 3 rings (SSSR count). The molecule has 1 unspecified atom stereocenters. The molecular formula is C18H24NO2+. The summed E-state index contributed by atoms with van der Waals surface area (Å²) in [7, 11) is 0. The predicted octanol–water partition coefficient (Wildman–Crippen LogP) is 2.37. The number of aryl methyl sites for hydroxylation is 2. The molecule has 2 aromatic rings. The largest absolute Gasteiger partial charge is 0.423 e. The summed E-state index contributed by atoms with van der Waals surface area (Å²) in [5.74, 6) is 0. The third-order valence-electron chi connectivity index (χ3n) is 4.77. The summed E-state index contributed by atoms with van der Waals surface area (Å²) in [4.78, 5) is 13.5. The van der Waals surface area contributed by atoms with Gasteiger partial charge in [0, 0.05) is 17.0 Å². The van der Waals surface area contributed by atoms with Gasteiger partial charge in [0.15, 0.2) is 0 Å². The number of quaternary nitrogens is 1. The highest BCUT2D eigenvalue weighted by molar-refractivity contribution is 5.84. The van der Waals surface area contributed by atoms with Crippen LogP contribution in [0.2, 0.25) is 0 Å². The van der Waals surface area contributed by atoms with E-state index < -0.39 is 0 Å². The molecule has 3 heteroatoms. The minimum atomic E-state index is -0.230. The summed E-state index contributed by atoms with van der Waals surface area (Å²) >= 11 is 0. The lowest BCUT2D eigenvalue weighted by Crippen LogP contribution is -3.14. The Bertz CT molecular complexity index is 717. The number of piperidine rings is 1. The number of rotatable bonds is 2. The van der Waals surface area contributed by atoms with Gasteiger partial charge in [-0.05, 0) is 57.2 Å². The number of likely N-dealkylation sites (tertiary alicyclic amines) is 1. The third kappa shape index (κ3) is 2.88. The number of hydrogen-bond acceptors (Lipinski definition) is 2. The van der Waals surface area contributed by atoms with Crippen molar-refractivity contribution in [2.75, 3.05) is 6.54 Å². The molecule has 21 heavy (non-hydrogen) atoms. The van der Waals surface area contributed by atoms with Gasteiger partial charge in [-0.15, -0.1) is 0 Å². The van der Waals surface area contributed by atoms with Crippen LogP contribution in [0, 0.1) is 13.8 Å². The summed E-state index contributed by atoms with van der Waals surface area (Å²) in [5, 5.41) is 1.13. The Morgan fingerprint density at radius 3 is 2.81 bits per heavy atom. The fraction of sp³-hybridized carbons (Fsp3) is 0.500. The summed E-state index contributed by atoms with van der Waals surface area (Å²) in [6, 6.07) is 6.51. The molecule has 1 fully saturated rings. The molecule has 0 saturated carbocycles. The van der Waals surface area contributed by atoms with E-state index in [1.165, 1.54) is 31.4 Å². The molecule has 3 nitrogen and oxygen atoms in total. The van der Waals surface area contributed by atoms with Crippen LogP contribution in [-0.4, -0.2) is 12.6 Å². The van der Waals surface area contributed by atoms with Crippen molar-refractivity contribution in [3.05, 3.63) is 45.3 Å². The molecular weight excluding hydrogens is 262 g/mol. The van der Waals surface area contributed by atoms with E-state index in [-0.39, 0.29) is 5.63 Å². The van der Waals surface area contributed by atoms with Crippen LogP contribution in [-0.2, 0) is 6.54 Å². The molecule has 1 aliphatic rings. The van der Waals surface area contributed by atoms with E-state index in [1.54, 1.807) is 11.0 Å². The number of hydrogen-bond donors (Lipinski definition) is 1. The van der Waals surface area contributed by atoms with E-state index >= 15 is 0 Å². The molecule has 1 aromatic heterocycles. The lowest BCUT2D eigenvalue weighted by molar-refractivity contribution is -0.941. The van der Waals surface area contributed by atoms with E-state index in [0.29, 0.717) is 6.04 Å². The first-order valence-corrected chi connectivity index (χ1v) is 7.93. The van der Waals surface area contributed by atoms with Crippen LogP contribution in [0.5, 0.6) is 0 Å². The molecule has 112 valence electrons. The number of fused-ring (bicyclic) bond motifs is 1. The standard InChI is InChI=1S/C18H23NO2/c1-12-8-13(2)18-15(10-17(20)21-16(18)9-12)11-19-7-5-4-6-14(19)3/h8-10,14H,4-7,11H2,1-3H3/p+1/t14-/m1/s1. The SMILES string of the molecule is Cc1cc(C)c2c(C[NH+]3CCCC[C@H]3C)cc(=O)oc2c1. The van der Waals surface area contributed by atoms with E-state index in [9.17, 15) is 4.79 Å². The quantitative estimate of drug-likeness (QED) is 0.860. The fourth-order valence-corrected chi connectivity index (χ4v) is 3.67. The first-order valence-electron chi connectivity index (χ1n) is 7.93. The van der Waals surface area contributed by atoms with Crippen LogP contribution in [0.25, 0.3) is 11.0 Å². The Balaban J connectivity index is 2.07. The first kappa shape index (κ1) is 14.3. The monoisotopic (exact) mass is 286 g/mol. The van der Waals surface area contributed by atoms with Crippen LogP contribution >= 0.6 is 0 Å². The second-order valence-electron chi connectivity index (χ2n) is 6.53. The second kappa shape index (κ2) is 5.64. The van der Waals surface area contributed by atoms with Crippen molar-refractivity contribution in [2.45, 2.75) is 52.6 Å². The summed E-state index contributed by atoms with van der Waals surface area (Å²) < 4.78 is 5.42. The molecule has 0 aliphatic carbocycles. The highest BCUT2D eigenvalue weighted by atomic mass is 16.4. The Hall–Kier alpha value is -1.61. The van der Waals surface area contributed by atoms with Gasteiger partial charge in [0.1, 0.15) is 12.1 Å². The van der Waals surface area contributed by atoms with Gasteiger partial charge in [0.25, 0.3) is 0 Å². The van der Waals surface area contributed by atoms with E-state index in [2.05, 4.69) is 19.9 Å². The van der Waals surface area contributed by atoms with Crippen molar-refractivity contribution in [1.82, 2.24) is 0 Å². The van der Waals surface area contributed by atoms with E-state index in [4.69, 9.17) is 4.42 Å². The zero-order valence-electron chi connectivity index (χ0n) is 13.2. The molecule has 1 aliphatic heterocycles. The Morgan fingerprint density at radius 1 is 1.24 bits per heavy atom. The lowest BCUT2D eigenvalue weighted by Gasteiger charge is -2.30. The maximum absolute atomic E-state index is 11.9. The molecule has 0 radical (unpaired) electrons. The van der Waals surface area contributed by atoms with Gasteiger partial charge in [0.2, 0.25) is 0 Å². The van der Waals surface area contributed by atoms with Gasteiger partial charge in [-0.25, -0.2) is 4.79 Å². The van der Waals surface area contributed by atoms with Crippen molar-refractivity contribution in [1.29, 1.82) is 0 Å². The van der Waals surface area contributed by atoms with E-state index in [1.807, 2.05) is 13.0 Å². The van der Waals surface area contributed by atoms with E-state index in [0.717, 1.165) is 28.6 Å². The number of benzene rings is 1. The van der Waals surface area contributed by atoms with Gasteiger partial charge in [-0.3, -0.25) is 0 Å². The smallest absolute Gasteiger partial charge is 0.336 e. The highest BCUT2D eigenvalue weighted by Crippen LogP contribution is 2.22. The zero-order valence-corrected chi connectivity index (χ0v) is 13.2. The van der Waals surface area contributed by atoms with Crippen molar-refractivity contribution < 1.29 is 9.32 Å². The molecule has 0 spiro atoms. The fourth-order valence-electron chi connectivity index (χ4n) is 3.67. The molecule has 1 saturated heterocycles. The lowest BCUT2D eigenvalue weighted by atomic mass is 9.99. The molecule has 2 heterocycles. The summed E-state index contributed by atoms with van der Waals surface area (Å²) in [6.45, 7) is 8.59. The van der Waals surface area contributed by atoms with Crippen molar-refractivity contribution in [2.24, 2.45) is 0 Å². The molecule has 0 bridgehead atoms. The van der Waals surface area contributed by atoms with Crippen molar-refractivity contribution >= 4 is 11.0 Å². The second-order valence-corrected chi connectivity index (χ2v) is 6.53. The Labute approximate surface area is 125 Å². The van der Waals surface area contributed by atoms with Gasteiger partial charge < -0.3 is 9.32 Å². The molecule has 0 amide bonds. The van der Waals surface area contributed by atoms with Crippen molar-refractivity contribution in [3.63, 3.8) is 0 Å². The molecule has 1 aromatic carbocycles. The summed E-state index contributed by atoms with van der Waals surface area (Å²) in [6.07, 6.45) is 3.91. The Morgan fingerprint density at radius 2 is 2.05 bits per heavy atom. The maximum atomic E-state index is 11.9. The average molecular weight is 286 g/mol. The Kier molecular flexibility index (Phi) is 3.85. The van der Waals surface area contributed by atoms with Crippen LogP contribution in [0.4, 0.5) is 0 Å². The first-order chi connectivity index (χ1) is 10.0. The zero-order chi connectivity index (χ0) is 15.0. The topological polar surface area (TPSA) is 34.7 Å². The third-order valence-corrected chi connectivity index (χ3v) is 4.77. The van der Waals surface area contributed by atoms with Crippen LogP contribution in [0.3, 0.4) is 0 Å².